The Balaban J connectivity index is 1.81. The number of benzene rings is 2. The molecule has 1 amide bonds. The second kappa shape index (κ2) is 5.32. The molecule has 0 saturated heterocycles. The molecule has 1 aliphatic heterocycles. The summed E-state index contributed by atoms with van der Waals surface area (Å²) < 4.78 is 7.65. The largest absolute Gasteiger partial charge is 0.490 e. The first-order valence-corrected chi connectivity index (χ1v) is 7.84. The number of anilines is 1. The zero-order chi connectivity index (χ0) is 16.0. The molecule has 4 nitrogen and oxygen atoms in total. The molecule has 0 radical (unpaired) electrons. The number of nitrogens with one attached hydrogen (secondary N) is 1. The van der Waals surface area contributed by atoms with Gasteiger partial charge in [0.1, 0.15) is 18.1 Å². The number of rotatable bonds is 2. The van der Waals surface area contributed by atoms with Crippen LogP contribution in [-0.2, 0) is 6.54 Å². The second-order valence-corrected chi connectivity index (χ2v) is 6.01. The molecule has 2 aromatic carbocycles. The van der Waals surface area contributed by atoms with Gasteiger partial charge in [0.15, 0.2) is 0 Å². The van der Waals surface area contributed by atoms with Crippen LogP contribution in [0, 0.1) is 6.92 Å². The van der Waals surface area contributed by atoms with Gasteiger partial charge in [-0.15, -0.1) is 0 Å². The van der Waals surface area contributed by atoms with Crippen molar-refractivity contribution in [2.45, 2.75) is 13.5 Å². The summed E-state index contributed by atoms with van der Waals surface area (Å²) >= 11 is 6.28. The van der Waals surface area contributed by atoms with Crippen LogP contribution in [-0.4, -0.2) is 17.1 Å². The summed E-state index contributed by atoms with van der Waals surface area (Å²) in [6, 6.07) is 13.2. The third kappa shape index (κ3) is 2.26. The summed E-state index contributed by atoms with van der Waals surface area (Å²) in [5.74, 6) is 0.630. The SMILES string of the molecule is Cc1ccccc1NC(=O)c1cc2c(Cl)ccc3c2n1CCO3. The van der Waals surface area contributed by atoms with Gasteiger partial charge < -0.3 is 14.6 Å². The minimum atomic E-state index is -0.139. The summed E-state index contributed by atoms with van der Waals surface area (Å²) in [6.45, 7) is 3.15. The molecule has 116 valence electrons. The molecule has 1 aliphatic rings. The summed E-state index contributed by atoms with van der Waals surface area (Å²) in [6.07, 6.45) is 0. The lowest BCUT2D eigenvalue weighted by Crippen LogP contribution is -2.21. The highest BCUT2D eigenvalue weighted by Crippen LogP contribution is 2.36. The number of ether oxygens (including phenoxy) is 1. The Labute approximate surface area is 138 Å². The van der Waals surface area contributed by atoms with E-state index in [-0.39, 0.29) is 5.91 Å². The van der Waals surface area contributed by atoms with Gasteiger partial charge in [0.25, 0.3) is 5.91 Å². The average Bonchev–Trinajstić information content (AvgIpc) is 2.95. The van der Waals surface area contributed by atoms with Gasteiger partial charge in [-0.25, -0.2) is 0 Å². The number of amides is 1. The van der Waals surface area contributed by atoms with Crippen LogP contribution in [0.1, 0.15) is 16.1 Å². The Morgan fingerprint density at radius 2 is 2.09 bits per heavy atom. The van der Waals surface area contributed by atoms with E-state index in [4.69, 9.17) is 16.3 Å². The minimum Gasteiger partial charge on any atom is -0.490 e. The van der Waals surface area contributed by atoms with Crippen molar-refractivity contribution in [3.63, 3.8) is 0 Å². The molecule has 0 spiro atoms. The predicted molar refractivity (Wildman–Crippen MR) is 91.6 cm³/mol. The van der Waals surface area contributed by atoms with E-state index in [2.05, 4.69) is 5.32 Å². The van der Waals surface area contributed by atoms with Crippen LogP contribution in [0.25, 0.3) is 10.9 Å². The zero-order valence-electron chi connectivity index (χ0n) is 12.6. The smallest absolute Gasteiger partial charge is 0.272 e. The van der Waals surface area contributed by atoms with Gasteiger partial charge in [-0.2, -0.15) is 0 Å². The van der Waals surface area contributed by atoms with Crippen LogP contribution in [0.4, 0.5) is 5.69 Å². The number of hydrogen-bond donors (Lipinski definition) is 1. The van der Waals surface area contributed by atoms with E-state index in [1.165, 1.54) is 0 Å². The molecule has 0 bridgehead atoms. The summed E-state index contributed by atoms with van der Waals surface area (Å²) in [4.78, 5) is 12.7. The highest BCUT2D eigenvalue weighted by atomic mass is 35.5. The molecular weight excluding hydrogens is 312 g/mol. The third-order valence-corrected chi connectivity index (χ3v) is 4.50. The predicted octanol–water partition coefficient (Wildman–Crippen LogP) is 4.25. The molecule has 0 saturated carbocycles. The van der Waals surface area contributed by atoms with Crippen molar-refractivity contribution in [2.75, 3.05) is 11.9 Å². The van der Waals surface area contributed by atoms with Crippen molar-refractivity contribution in [3.05, 3.63) is 58.7 Å². The molecule has 0 aliphatic carbocycles. The second-order valence-electron chi connectivity index (χ2n) is 5.61. The molecule has 1 N–H and O–H groups in total. The Kier molecular flexibility index (Phi) is 3.27. The van der Waals surface area contributed by atoms with Gasteiger partial charge in [-0.1, -0.05) is 29.8 Å². The number of nitrogens with zero attached hydrogens (tertiary/aromatic N) is 1. The number of halogens is 1. The summed E-state index contributed by atoms with van der Waals surface area (Å²) in [5, 5.41) is 4.45. The minimum absolute atomic E-state index is 0.139. The van der Waals surface area contributed by atoms with E-state index >= 15 is 0 Å². The fourth-order valence-corrected chi connectivity index (χ4v) is 3.20. The lowest BCUT2D eigenvalue weighted by atomic mass is 10.2. The molecule has 0 unspecified atom stereocenters. The number of para-hydroxylation sites is 1. The lowest BCUT2D eigenvalue weighted by molar-refractivity contribution is 0.101. The molecule has 0 atom stereocenters. The first-order valence-electron chi connectivity index (χ1n) is 7.46. The van der Waals surface area contributed by atoms with Crippen LogP contribution < -0.4 is 10.1 Å². The normalized spacial score (nSPS) is 13.0. The molecule has 5 heteroatoms. The van der Waals surface area contributed by atoms with Crippen LogP contribution >= 0.6 is 11.6 Å². The maximum atomic E-state index is 12.7. The van der Waals surface area contributed by atoms with Crippen LogP contribution in [0.2, 0.25) is 5.02 Å². The Morgan fingerprint density at radius 3 is 2.91 bits per heavy atom. The molecule has 3 aromatic rings. The fraction of sp³-hybridized carbons (Fsp3) is 0.167. The van der Waals surface area contributed by atoms with E-state index in [1.807, 2.05) is 47.9 Å². The third-order valence-electron chi connectivity index (χ3n) is 4.17. The maximum Gasteiger partial charge on any atom is 0.272 e. The van der Waals surface area contributed by atoms with Crippen LogP contribution in [0.15, 0.2) is 42.5 Å². The standard InChI is InChI=1S/C18H15ClN2O2/c1-11-4-2-3-5-14(11)20-18(22)15-10-12-13(19)6-7-16-17(12)21(15)8-9-23-16/h2-7,10H,8-9H2,1H3,(H,20,22). The molecule has 23 heavy (non-hydrogen) atoms. The van der Waals surface area contributed by atoms with Gasteiger partial charge in [0.05, 0.1) is 17.1 Å². The average molecular weight is 327 g/mol. The van der Waals surface area contributed by atoms with E-state index in [1.54, 1.807) is 6.07 Å². The van der Waals surface area contributed by atoms with Crippen LogP contribution in [0.5, 0.6) is 5.75 Å². The maximum absolute atomic E-state index is 12.7. The molecule has 0 fully saturated rings. The Hall–Kier alpha value is -2.46. The van der Waals surface area contributed by atoms with Crippen molar-refractivity contribution < 1.29 is 9.53 Å². The fourth-order valence-electron chi connectivity index (χ4n) is 3.00. The van der Waals surface area contributed by atoms with Gasteiger partial charge in [0, 0.05) is 11.1 Å². The Bertz CT molecular complexity index is 930. The van der Waals surface area contributed by atoms with Crippen molar-refractivity contribution in [1.82, 2.24) is 4.57 Å². The molecule has 1 aromatic heterocycles. The first kappa shape index (κ1) is 14.2. The van der Waals surface area contributed by atoms with Crippen molar-refractivity contribution >= 4 is 34.1 Å². The topological polar surface area (TPSA) is 43.3 Å². The first-order chi connectivity index (χ1) is 11.1. The van der Waals surface area contributed by atoms with E-state index < -0.39 is 0 Å². The zero-order valence-corrected chi connectivity index (χ0v) is 13.4. The lowest BCUT2D eigenvalue weighted by Gasteiger charge is -2.19. The van der Waals surface area contributed by atoms with E-state index in [0.717, 1.165) is 27.9 Å². The van der Waals surface area contributed by atoms with Crippen molar-refractivity contribution in [3.8, 4) is 5.75 Å². The number of aromatic nitrogens is 1. The molecular formula is C18H15ClN2O2. The number of carbonyl (C=O) groups excluding carboxylic acids is 1. The number of hydrogen-bond acceptors (Lipinski definition) is 2. The van der Waals surface area contributed by atoms with Crippen molar-refractivity contribution in [2.24, 2.45) is 0 Å². The van der Waals surface area contributed by atoms with Gasteiger partial charge in [-0.05, 0) is 36.8 Å². The van der Waals surface area contributed by atoms with E-state index in [0.29, 0.717) is 23.9 Å². The summed E-state index contributed by atoms with van der Waals surface area (Å²) in [5.41, 5.74) is 3.33. The quantitative estimate of drug-likeness (QED) is 0.765. The molecule has 4 rings (SSSR count). The monoisotopic (exact) mass is 326 g/mol. The highest BCUT2D eigenvalue weighted by Gasteiger charge is 2.23. The van der Waals surface area contributed by atoms with Crippen molar-refractivity contribution in [1.29, 1.82) is 0 Å². The van der Waals surface area contributed by atoms with Gasteiger partial charge in [-0.3, -0.25) is 4.79 Å². The van der Waals surface area contributed by atoms with Gasteiger partial charge in [0.2, 0.25) is 0 Å². The van der Waals surface area contributed by atoms with Crippen LogP contribution in [0.3, 0.4) is 0 Å². The highest BCUT2D eigenvalue weighted by molar-refractivity contribution is 6.36. The number of aryl methyl sites for hydroxylation is 1. The van der Waals surface area contributed by atoms with Gasteiger partial charge >= 0.3 is 0 Å². The van der Waals surface area contributed by atoms with E-state index in [9.17, 15) is 4.79 Å². The number of carbonyl (C=O) groups is 1. The Morgan fingerprint density at radius 1 is 1.26 bits per heavy atom. The molecule has 2 heterocycles. The summed E-state index contributed by atoms with van der Waals surface area (Å²) in [7, 11) is 0.